The zero-order valence-corrected chi connectivity index (χ0v) is 14.2. The molecule has 0 spiro atoms. The summed E-state index contributed by atoms with van der Waals surface area (Å²) in [5.41, 5.74) is 0. The van der Waals surface area contributed by atoms with Gasteiger partial charge in [0, 0.05) is 29.2 Å². The molecule has 0 aliphatic carbocycles. The lowest BCUT2D eigenvalue weighted by atomic mass is 10.2. The van der Waals surface area contributed by atoms with Crippen LogP contribution < -0.4 is 14.8 Å². The Morgan fingerprint density at radius 3 is 2.57 bits per heavy atom. The van der Waals surface area contributed by atoms with E-state index in [0.717, 1.165) is 37.7 Å². The molecular weight excluding hydrogens is 282 g/mol. The topological polar surface area (TPSA) is 30.5 Å². The Balaban J connectivity index is 1.89. The van der Waals surface area contributed by atoms with E-state index in [9.17, 15) is 0 Å². The highest BCUT2D eigenvalue weighted by Crippen LogP contribution is 2.35. The monoisotopic (exact) mass is 309 g/mol. The number of fused-ring (bicyclic) bond motifs is 1. The van der Waals surface area contributed by atoms with Crippen LogP contribution in [0.4, 0.5) is 0 Å². The first kappa shape index (κ1) is 16.5. The number of thioether (sulfide) groups is 1. The minimum atomic E-state index is 0.537. The fourth-order valence-corrected chi connectivity index (χ4v) is 3.37. The highest BCUT2D eigenvalue weighted by atomic mass is 32.2. The Hall–Kier alpha value is -0.870. The van der Waals surface area contributed by atoms with E-state index < -0.39 is 0 Å². The Kier molecular flexibility index (Phi) is 6.71. The van der Waals surface area contributed by atoms with Gasteiger partial charge in [-0.2, -0.15) is 0 Å². The molecule has 1 aliphatic rings. The predicted octanol–water partition coefficient (Wildman–Crippen LogP) is 4.11. The fourth-order valence-electron chi connectivity index (χ4n) is 2.40. The van der Waals surface area contributed by atoms with Crippen molar-refractivity contribution in [1.82, 2.24) is 5.32 Å². The van der Waals surface area contributed by atoms with E-state index in [4.69, 9.17) is 9.47 Å². The van der Waals surface area contributed by atoms with Gasteiger partial charge in [0.25, 0.3) is 0 Å². The van der Waals surface area contributed by atoms with Gasteiger partial charge in [0.2, 0.25) is 0 Å². The molecular formula is C17H27NO2S. The van der Waals surface area contributed by atoms with Gasteiger partial charge in [0.05, 0.1) is 13.2 Å². The van der Waals surface area contributed by atoms with E-state index >= 15 is 0 Å². The summed E-state index contributed by atoms with van der Waals surface area (Å²) in [4.78, 5) is 1.25. The second-order valence-corrected chi connectivity index (χ2v) is 7.02. The third-order valence-corrected chi connectivity index (χ3v) is 4.83. The van der Waals surface area contributed by atoms with Gasteiger partial charge in [-0.05, 0) is 31.0 Å². The molecule has 0 saturated carbocycles. The van der Waals surface area contributed by atoms with Crippen molar-refractivity contribution in [3.05, 3.63) is 18.2 Å². The summed E-state index contributed by atoms with van der Waals surface area (Å²) in [6.45, 7) is 9.27. The van der Waals surface area contributed by atoms with Gasteiger partial charge in [0.1, 0.15) is 0 Å². The van der Waals surface area contributed by atoms with Gasteiger partial charge in [0.15, 0.2) is 11.5 Å². The first-order chi connectivity index (χ1) is 10.2. The molecule has 0 radical (unpaired) electrons. The Labute approximate surface area is 132 Å². The van der Waals surface area contributed by atoms with Gasteiger partial charge >= 0.3 is 0 Å². The lowest BCUT2D eigenvalue weighted by Gasteiger charge is -2.18. The van der Waals surface area contributed by atoms with E-state index in [1.165, 1.54) is 17.7 Å². The predicted molar refractivity (Wildman–Crippen MR) is 89.7 cm³/mol. The maximum absolute atomic E-state index is 5.75. The van der Waals surface area contributed by atoms with Crippen LogP contribution in [-0.4, -0.2) is 31.1 Å². The standard InChI is InChI=1S/C17H27NO2S/c1-4-14(5-2)18-12-13(3)21-15-7-8-16-17(11-15)20-10-6-9-19-16/h7-8,11,13-14,18H,4-6,9-10,12H2,1-3H3. The Bertz CT molecular complexity index is 435. The van der Waals surface area contributed by atoms with Gasteiger partial charge in [-0.3, -0.25) is 0 Å². The molecule has 2 rings (SSSR count). The first-order valence-electron chi connectivity index (χ1n) is 8.02. The van der Waals surface area contributed by atoms with Crippen LogP contribution in [-0.2, 0) is 0 Å². The molecule has 1 N–H and O–H groups in total. The highest BCUT2D eigenvalue weighted by Gasteiger charge is 2.13. The molecule has 118 valence electrons. The molecule has 1 heterocycles. The van der Waals surface area contributed by atoms with E-state index in [1.807, 2.05) is 17.8 Å². The van der Waals surface area contributed by atoms with Gasteiger partial charge in [-0.15, -0.1) is 11.8 Å². The van der Waals surface area contributed by atoms with Gasteiger partial charge in [-0.1, -0.05) is 20.8 Å². The molecule has 0 saturated heterocycles. The number of benzene rings is 1. The van der Waals surface area contributed by atoms with Crippen LogP contribution in [0.3, 0.4) is 0 Å². The van der Waals surface area contributed by atoms with Crippen LogP contribution in [0, 0.1) is 0 Å². The van der Waals surface area contributed by atoms with E-state index in [-0.39, 0.29) is 0 Å². The summed E-state index contributed by atoms with van der Waals surface area (Å²) in [6.07, 6.45) is 3.34. The van der Waals surface area contributed by atoms with Gasteiger partial charge in [-0.25, -0.2) is 0 Å². The summed E-state index contributed by atoms with van der Waals surface area (Å²) in [5.74, 6) is 1.76. The number of hydrogen-bond donors (Lipinski definition) is 1. The van der Waals surface area contributed by atoms with E-state index in [0.29, 0.717) is 11.3 Å². The average molecular weight is 309 g/mol. The summed E-state index contributed by atoms with van der Waals surface area (Å²) in [5, 5.41) is 4.17. The molecule has 1 aliphatic heterocycles. The molecule has 0 amide bonds. The van der Waals surface area contributed by atoms with Crippen LogP contribution in [0.5, 0.6) is 11.5 Å². The van der Waals surface area contributed by atoms with Crippen molar-refractivity contribution in [2.45, 2.75) is 56.2 Å². The molecule has 1 aromatic rings. The van der Waals surface area contributed by atoms with Gasteiger partial charge < -0.3 is 14.8 Å². The SMILES string of the molecule is CCC(CC)NCC(C)Sc1ccc2c(c1)OCCCO2. The molecule has 0 aromatic heterocycles. The number of ether oxygens (including phenoxy) is 2. The Morgan fingerprint density at radius 1 is 1.14 bits per heavy atom. The van der Waals surface area contributed by atoms with Crippen molar-refractivity contribution in [3.8, 4) is 11.5 Å². The molecule has 3 nitrogen and oxygen atoms in total. The van der Waals surface area contributed by atoms with Crippen LogP contribution in [0.15, 0.2) is 23.1 Å². The van der Waals surface area contributed by atoms with E-state index in [1.54, 1.807) is 0 Å². The molecule has 0 bridgehead atoms. The van der Waals surface area contributed by atoms with Crippen LogP contribution in [0.1, 0.15) is 40.0 Å². The largest absolute Gasteiger partial charge is 0.490 e. The molecule has 1 unspecified atom stereocenters. The maximum Gasteiger partial charge on any atom is 0.162 e. The summed E-state index contributed by atoms with van der Waals surface area (Å²) < 4.78 is 11.4. The molecule has 1 atom stereocenters. The lowest BCUT2D eigenvalue weighted by Crippen LogP contribution is -2.32. The van der Waals surface area contributed by atoms with Crippen LogP contribution in [0.2, 0.25) is 0 Å². The highest BCUT2D eigenvalue weighted by molar-refractivity contribution is 8.00. The molecule has 4 heteroatoms. The smallest absolute Gasteiger partial charge is 0.162 e. The quantitative estimate of drug-likeness (QED) is 0.768. The van der Waals surface area contributed by atoms with Crippen molar-refractivity contribution >= 4 is 11.8 Å². The van der Waals surface area contributed by atoms with Crippen molar-refractivity contribution in [3.63, 3.8) is 0 Å². The fraction of sp³-hybridized carbons (Fsp3) is 0.647. The van der Waals surface area contributed by atoms with E-state index in [2.05, 4.69) is 38.2 Å². The number of hydrogen-bond acceptors (Lipinski definition) is 4. The number of nitrogens with one attached hydrogen (secondary N) is 1. The van der Waals surface area contributed by atoms with Crippen molar-refractivity contribution in [2.24, 2.45) is 0 Å². The lowest BCUT2D eigenvalue weighted by molar-refractivity contribution is 0.297. The number of rotatable bonds is 7. The molecule has 0 fully saturated rings. The van der Waals surface area contributed by atoms with Crippen molar-refractivity contribution in [1.29, 1.82) is 0 Å². The minimum absolute atomic E-state index is 0.537. The summed E-state index contributed by atoms with van der Waals surface area (Å²) >= 11 is 1.89. The summed E-state index contributed by atoms with van der Waals surface area (Å²) in [6, 6.07) is 6.91. The normalized spacial score (nSPS) is 15.8. The zero-order valence-electron chi connectivity index (χ0n) is 13.4. The first-order valence-corrected chi connectivity index (χ1v) is 8.90. The zero-order chi connectivity index (χ0) is 15.1. The maximum atomic E-state index is 5.75. The van der Waals surface area contributed by atoms with Crippen molar-refractivity contribution in [2.75, 3.05) is 19.8 Å². The summed E-state index contributed by atoms with van der Waals surface area (Å²) in [7, 11) is 0. The van der Waals surface area contributed by atoms with Crippen LogP contribution >= 0.6 is 11.8 Å². The second-order valence-electron chi connectivity index (χ2n) is 5.51. The van der Waals surface area contributed by atoms with Crippen molar-refractivity contribution < 1.29 is 9.47 Å². The second kappa shape index (κ2) is 8.54. The Morgan fingerprint density at radius 2 is 1.86 bits per heavy atom. The van der Waals surface area contributed by atoms with Crippen LogP contribution in [0.25, 0.3) is 0 Å². The molecule has 1 aromatic carbocycles. The third-order valence-electron chi connectivity index (χ3n) is 3.74. The third kappa shape index (κ3) is 5.11. The minimum Gasteiger partial charge on any atom is -0.490 e. The average Bonchev–Trinajstić information content (AvgIpc) is 2.73. The molecule has 21 heavy (non-hydrogen) atoms.